The number of carbonyl (C=O) groups is 2. The van der Waals surface area contributed by atoms with Crippen LogP contribution in [-0.2, 0) is 11.3 Å². The maximum atomic E-state index is 13.0. The molecule has 0 spiro atoms. The first-order valence-corrected chi connectivity index (χ1v) is 7.70. The summed E-state index contributed by atoms with van der Waals surface area (Å²) in [6.07, 6.45) is -4.68. The van der Waals surface area contributed by atoms with Crippen LogP contribution < -0.4 is 14.8 Å². The number of nitrogens with one attached hydrogen (secondary N) is 1. The van der Waals surface area contributed by atoms with E-state index < -0.39 is 43.1 Å². The van der Waals surface area contributed by atoms with Crippen LogP contribution in [0.25, 0.3) is 0 Å². The molecule has 0 unspecified atom stereocenters. The predicted octanol–water partition coefficient (Wildman–Crippen LogP) is 2.11. The highest BCUT2D eigenvalue weighted by Crippen LogP contribution is 2.37. The van der Waals surface area contributed by atoms with Gasteiger partial charge in [0.2, 0.25) is 0 Å². The number of carboxylic acids is 1. The number of halogens is 3. The molecule has 1 aromatic carbocycles. The molecule has 7 nitrogen and oxygen atoms in total. The number of likely N-dealkylation sites (tertiary alicyclic amines) is 1. The standard InChI is InChI=1S/C16H19F3N2O5/c1-25-10-4-3-9(13(5-10)26-2)6-20-15(24)21-7-11(14(22)23)12(8-21)16(17,18)19/h3-5,11-12H,6-8H2,1-2H3,(H,20,24)(H,22,23)/t11-,12-/m1/s1. The number of aliphatic carboxylic acids is 1. The Morgan fingerprint density at radius 2 is 1.96 bits per heavy atom. The lowest BCUT2D eigenvalue weighted by Crippen LogP contribution is -2.39. The number of urea groups is 1. The van der Waals surface area contributed by atoms with Crippen LogP contribution in [0, 0.1) is 11.8 Å². The zero-order valence-electron chi connectivity index (χ0n) is 14.2. The van der Waals surface area contributed by atoms with Crippen molar-refractivity contribution in [3.63, 3.8) is 0 Å². The fourth-order valence-electron chi connectivity index (χ4n) is 2.83. The topological polar surface area (TPSA) is 88.1 Å². The van der Waals surface area contributed by atoms with Gasteiger partial charge in [0.25, 0.3) is 0 Å². The number of hydrogen-bond acceptors (Lipinski definition) is 4. The lowest BCUT2D eigenvalue weighted by Gasteiger charge is -2.19. The molecule has 2 rings (SSSR count). The molecule has 1 saturated heterocycles. The number of rotatable bonds is 5. The summed E-state index contributed by atoms with van der Waals surface area (Å²) in [6.45, 7) is -1.17. The van der Waals surface area contributed by atoms with Gasteiger partial charge in [0.1, 0.15) is 11.5 Å². The molecule has 1 aromatic rings. The Bertz CT molecular complexity index is 680. The summed E-state index contributed by atoms with van der Waals surface area (Å²) in [6, 6.07) is 4.15. The third-order valence-electron chi connectivity index (χ3n) is 4.27. The minimum absolute atomic E-state index is 0.0108. The molecule has 26 heavy (non-hydrogen) atoms. The summed E-state index contributed by atoms with van der Waals surface area (Å²) in [5, 5.41) is 11.5. The summed E-state index contributed by atoms with van der Waals surface area (Å²) in [5.41, 5.74) is 0.600. The van der Waals surface area contributed by atoms with E-state index in [1.165, 1.54) is 14.2 Å². The van der Waals surface area contributed by atoms with Crippen LogP contribution in [0.3, 0.4) is 0 Å². The van der Waals surface area contributed by atoms with E-state index in [2.05, 4.69) is 5.32 Å². The van der Waals surface area contributed by atoms with E-state index in [1.54, 1.807) is 18.2 Å². The van der Waals surface area contributed by atoms with Crippen molar-refractivity contribution in [1.82, 2.24) is 10.2 Å². The minimum atomic E-state index is -4.68. The zero-order valence-corrected chi connectivity index (χ0v) is 14.2. The van der Waals surface area contributed by atoms with Gasteiger partial charge in [-0.3, -0.25) is 4.79 Å². The lowest BCUT2D eigenvalue weighted by molar-refractivity contribution is -0.187. The van der Waals surface area contributed by atoms with Gasteiger partial charge in [-0.1, -0.05) is 0 Å². The first-order chi connectivity index (χ1) is 12.2. The molecular formula is C16H19F3N2O5. The van der Waals surface area contributed by atoms with Crippen LogP contribution in [0.15, 0.2) is 18.2 Å². The van der Waals surface area contributed by atoms with Gasteiger partial charge in [0, 0.05) is 31.3 Å². The van der Waals surface area contributed by atoms with Crippen molar-refractivity contribution in [3.8, 4) is 11.5 Å². The summed E-state index contributed by atoms with van der Waals surface area (Å²) in [5.74, 6) is -4.33. The summed E-state index contributed by atoms with van der Waals surface area (Å²) in [4.78, 5) is 24.1. The SMILES string of the molecule is COc1ccc(CNC(=O)N2C[C@@H](C(F)(F)F)[C@H](C(=O)O)C2)c(OC)c1. The highest BCUT2D eigenvalue weighted by Gasteiger charge is 2.53. The second-order valence-corrected chi connectivity index (χ2v) is 5.83. The molecule has 2 N–H and O–H groups in total. The quantitative estimate of drug-likeness (QED) is 0.822. The monoisotopic (exact) mass is 376 g/mol. The molecule has 0 saturated carbocycles. The van der Waals surface area contributed by atoms with E-state index in [0.717, 1.165) is 4.90 Å². The summed E-state index contributed by atoms with van der Waals surface area (Å²) in [7, 11) is 2.92. The van der Waals surface area contributed by atoms with Crippen LogP contribution in [0.4, 0.5) is 18.0 Å². The molecule has 144 valence electrons. The number of carboxylic acid groups (broad SMARTS) is 1. The molecule has 1 fully saturated rings. The third kappa shape index (κ3) is 4.30. The van der Waals surface area contributed by atoms with Crippen molar-refractivity contribution in [2.24, 2.45) is 11.8 Å². The summed E-state index contributed by atoms with van der Waals surface area (Å²) >= 11 is 0. The average Bonchev–Trinajstić information content (AvgIpc) is 3.05. The highest BCUT2D eigenvalue weighted by atomic mass is 19.4. The van der Waals surface area contributed by atoms with Crippen molar-refractivity contribution in [3.05, 3.63) is 23.8 Å². The van der Waals surface area contributed by atoms with Gasteiger partial charge in [0.15, 0.2) is 0 Å². The van der Waals surface area contributed by atoms with E-state index in [4.69, 9.17) is 14.6 Å². The maximum absolute atomic E-state index is 13.0. The molecule has 10 heteroatoms. The third-order valence-corrected chi connectivity index (χ3v) is 4.27. The number of amides is 2. The molecule has 0 aliphatic carbocycles. The van der Waals surface area contributed by atoms with E-state index in [0.29, 0.717) is 17.1 Å². The smallest absolute Gasteiger partial charge is 0.394 e. The van der Waals surface area contributed by atoms with Gasteiger partial charge < -0.3 is 24.8 Å². The average molecular weight is 376 g/mol. The van der Waals surface area contributed by atoms with Gasteiger partial charge in [-0.05, 0) is 12.1 Å². The number of nitrogens with zero attached hydrogens (tertiary/aromatic N) is 1. The molecular weight excluding hydrogens is 357 g/mol. The number of carbonyl (C=O) groups excluding carboxylic acids is 1. The number of benzene rings is 1. The highest BCUT2D eigenvalue weighted by molar-refractivity contribution is 5.77. The maximum Gasteiger partial charge on any atom is 0.394 e. The predicted molar refractivity (Wildman–Crippen MR) is 84.0 cm³/mol. The summed E-state index contributed by atoms with van der Waals surface area (Å²) < 4.78 is 49.2. The minimum Gasteiger partial charge on any atom is -0.497 e. The Morgan fingerprint density at radius 3 is 2.46 bits per heavy atom. The van der Waals surface area contributed by atoms with Gasteiger partial charge in [0.05, 0.1) is 26.1 Å². The van der Waals surface area contributed by atoms with E-state index in [-0.39, 0.29) is 6.54 Å². The van der Waals surface area contributed by atoms with Crippen LogP contribution in [0.2, 0.25) is 0 Å². The van der Waals surface area contributed by atoms with Crippen molar-refractivity contribution >= 4 is 12.0 Å². The van der Waals surface area contributed by atoms with Crippen LogP contribution in [0.5, 0.6) is 11.5 Å². The van der Waals surface area contributed by atoms with Crippen LogP contribution in [0.1, 0.15) is 5.56 Å². The number of hydrogen-bond donors (Lipinski definition) is 2. The van der Waals surface area contributed by atoms with Gasteiger partial charge in [-0.15, -0.1) is 0 Å². The van der Waals surface area contributed by atoms with Crippen molar-refractivity contribution in [2.75, 3.05) is 27.3 Å². The first kappa shape index (κ1) is 19.7. The lowest BCUT2D eigenvalue weighted by atomic mass is 9.96. The Morgan fingerprint density at radius 1 is 1.27 bits per heavy atom. The molecule has 0 radical (unpaired) electrons. The Kier molecular flexibility index (Phi) is 5.83. The second-order valence-electron chi connectivity index (χ2n) is 5.83. The van der Waals surface area contributed by atoms with Gasteiger partial charge in [-0.25, -0.2) is 4.79 Å². The molecule has 1 heterocycles. The van der Waals surface area contributed by atoms with Crippen molar-refractivity contribution in [1.29, 1.82) is 0 Å². The van der Waals surface area contributed by atoms with E-state index in [9.17, 15) is 22.8 Å². The molecule has 1 aliphatic heterocycles. The van der Waals surface area contributed by atoms with Gasteiger partial charge >= 0.3 is 18.2 Å². The van der Waals surface area contributed by atoms with Crippen LogP contribution in [-0.4, -0.2) is 55.5 Å². The van der Waals surface area contributed by atoms with Crippen LogP contribution >= 0.6 is 0 Å². The van der Waals surface area contributed by atoms with Crippen molar-refractivity contribution < 1.29 is 37.3 Å². The van der Waals surface area contributed by atoms with E-state index >= 15 is 0 Å². The fraction of sp³-hybridized carbons (Fsp3) is 0.500. The first-order valence-electron chi connectivity index (χ1n) is 7.70. The van der Waals surface area contributed by atoms with Gasteiger partial charge in [-0.2, -0.15) is 13.2 Å². The molecule has 1 aliphatic rings. The number of methoxy groups -OCH3 is 2. The fourth-order valence-corrected chi connectivity index (χ4v) is 2.83. The largest absolute Gasteiger partial charge is 0.497 e. The molecule has 0 bridgehead atoms. The molecule has 2 amide bonds. The number of alkyl halides is 3. The Hall–Kier alpha value is -2.65. The second kappa shape index (κ2) is 7.71. The Balaban J connectivity index is 2.03. The molecule has 2 atom stereocenters. The normalized spacial score (nSPS) is 20.0. The zero-order chi connectivity index (χ0) is 19.5. The Labute approximate surface area is 147 Å². The number of ether oxygens (including phenoxy) is 2. The van der Waals surface area contributed by atoms with E-state index in [1.807, 2.05) is 0 Å². The molecule has 0 aromatic heterocycles. The van der Waals surface area contributed by atoms with Crippen molar-refractivity contribution in [2.45, 2.75) is 12.7 Å².